The number of aromatic nitrogens is 1. The summed E-state index contributed by atoms with van der Waals surface area (Å²) in [5.41, 5.74) is 1.55. The van der Waals surface area contributed by atoms with Gasteiger partial charge in [-0.05, 0) is 18.2 Å². The average molecular weight is 332 g/mol. The largest absolute Gasteiger partial charge is 0.375 e. The van der Waals surface area contributed by atoms with Crippen molar-refractivity contribution in [3.8, 4) is 6.07 Å². The van der Waals surface area contributed by atoms with Crippen molar-refractivity contribution in [2.24, 2.45) is 0 Å². The molecule has 8 heteroatoms. The molecule has 3 rings (SSSR count). The van der Waals surface area contributed by atoms with Crippen LogP contribution >= 0.6 is 11.3 Å². The van der Waals surface area contributed by atoms with Gasteiger partial charge in [0.15, 0.2) is 5.13 Å². The van der Waals surface area contributed by atoms with Gasteiger partial charge < -0.3 is 10.1 Å². The molecule has 1 aliphatic rings. The highest BCUT2D eigenvalue weighted by Gasteiger charge is 2.16. The predicted molar refractivity (Wildman–Crippen MR) is 82.4 cm³/mol. The van der Waals surface area contributed by atoms with Crippen molar-refractivity contribution in [3.63, 3.8) is 0 Å². The zero-order valence-corrected chi connectivity index (χ0v) is 12.9. The van der Waals surface area contributed by atoms with Crippen LogP contribution in [-0.4, -0.2) is 17.6 Å². The van der Waals surface area contributed by atoms with Crippen molar-refractivity contribution < 1.29 is 13.9 Å². The molecule has 0 spiro atoms. The smallest absolute Gasteiger partial charge is 0.321 e. The predicted octanol–water partition coefficient (Wildman–Crippen LogP) is 2.55. The highest BCUT2D eigenvalue weighted by atomic mass is 32.1. The number of hydrogen-bond acceptors (Lipinski definition) is 5. The molecule has 6 nitrogen and oxygen atoms in total. The van der Waals surface area contributed by atoms with E-state index in [9.17, 15) is 9.18 Å². The first-order chi connectivity index (χ1) is 11.2. The van der Waals surface area contributed by atoms with Gasteiger partial charge in [0, 0.05) is 18.5 Å². The van der Waals surface area contributed by atoms with Gasteiger partial charge in [-0.25, -0.2) is 14.2 Å². The van der Waals surface area contributed by atoms with Gasteiger partial charge in [0.05, 0.1) is 35.4 Å². The molecular formula is C15H13FN4O2S. The lowest BCUT2D eigenvalue weighted by atomic mass is 10.1. The first-order valence-electron chi connectivity index (χ1n) is 6.95. The summed E-state index contributed by atoms with van der Waals surface area (Å²) in [7, 11) is 0. The van der Waals surface area contributed by atoms with Crippen LogP contribution in [0.15, 0.2) is 18.2 Å². The number of anilines is 1. The molecule has 0 fully saturated rings. The van der Waals surface area contributed by atoms with Crippen LogP contribution in [0.2, 0.25) is 0 Å². The third-order valence-corrected chi connectivity index (χ3v) is 4.32. The van der Waals surface area contributed by atoms with Crippen LogP contribution in [0.25, 0.3) is 0 Å². The Morgan fingerprint density at radius 2 is 2.39 bits per heavy atom. The Balaban J connectivity index is 1.60. The van der Waals surface area contributed by atoms with Gasteiger partial charge in [-0.3, -0.25) is 5.32 Å². The fourth-order valence-corrected chi connectivity index (χ4v) is 3.12. The number of urea groups is 1. The van der Waals surface area contributed by atoms with Gasteiger partial charge in [-0.1, -0.05) is 11.3 Å². The molecule has 0 atom stereocenters. The maximum atomic E-state index is 13.6. The summed E-state index contributed by atoms with van der Waals surface area (Å²) >= 11 is 1.37. The van der Waals surface area contributed by atoms with Crippen LogP contribution in [0.5, 0.6) is 0 Å². The van der Waals surface area contributed by atoms with E-state index in [1.807, 2.05) is 6.07 Å². The number of thiazole rings is 1. The second kappa shape index (κ2) is 6.73. The van der Waals surface area contributed by atoms with Gasteiger partial charge >= 0.3 is 6.03 Å². The summed E-state index contributed by atoms with van der Waals surface area (Å²) in [6.07, 6.45) is 0.737. The minimum atomic E-state index is -0.473. The van der Waals surface area contributed by atoms with Crippen molar-refractivity contribution in [1.82, 2.24) is 10.3 Å². The molecule has 2 aromatic rings. The summed E-state index contributed by atoms with van der Waals surface area (Å²) in [4.78, 5) is 17.2. The Kier molecular flexibility index (Phi) is 4.50. The zero-order chi connectivity index (χ0) is 16.2. The highest BCUT2D eigenvalue weighted by Crippen LogP contribution is 2.26. The second-order valence-electron chi connectivity index (χ2n) is 4.92. The first-order valence-corrected chi connectivity index (χ1v) is 7.77. The van der Waals surface area contributed by atoms with Gasteiger partial charge in [0.25, 0.3) is 0 Å². The molecule has 2 heterocycles. The van der Waals surface area contributed by atoms with E-state index >= 15 is 0 Å². The van der Waals surface area contributed by atoms with Crippen LogP contribution < -0.4 is 10.6 Å². The van der Waals surface area contributed by atoms with E-state index in [1.54, 1.807) is 0 Å². The van der Waals surface area contributed by atoms with Gasteiger partial charge in [-0.2, -0.15) is 5.26 Å². The Morgan fingerprint density at radius 1 is 1.52 bits per heavy atom. The molecule has 2 N–H and O–H groups in total. The SMILES string of the molecule is N#Cc1ccc(F)c(CNC(=O)Nc2nc3c(s2)COCC3)c1. The van der Waals surface area contributed by atoms with Gasteiger partial charge in [0.1, 0.15) is 5.82 Å². The van der Waals surface area contributed by atoms with Crippen LogP contribution in [0.1, 0.15) is 21.7 Å². The number of nitrogens with one attached hydrogen (secondary N) is 2. The molecule has 0 saturated heterocycles. The number of benzene rings is 1. The number of ether oxygens (including phenoxy) is 1. The number of carbonyl (C=O) groups is 1. The number of carbonyl (C=O) groups excluding carboxylic acids is 1. The molecule has 1 aromatic carbocycles. The lowest BCUT2D eigenvalue weighted by Crippen LogP contribution is -2.28. The lowest BCUT2D eigenvalue weighted by molar-refractivity contribution is 0.112. The number of nitrogens with zero attached hydrogens (tertiary/aromatic N) is 2. The molecule has 1 aromatic heterocycles. The van der Waals surface area contributed by atoms with E-state index in [0.717, 1.165) is 17.0 Å². The highest BCUT2D eigenvalue weighted by molar-refractivity contribution is 7.15. The normalized spacial score (nSPS) is 13.0. The second-order valence-corrected chi connectivity index (χ2v) is 6.00. The standard InChI is InChI=1S/C15H13FN4O2S/c16-11-2-1-9(6-17)5-10(11)7-18-14(21)20-15-19-12-3-4-22-8-13(12)23-15/h1-2,5H,3-4,7-8H2,(H2,18,19,20,21). The Morgan fingerprint density at radius 3 is 3.17 bits per heavy atom. The van der Waals surface area contributed by atoms with Crippen LogP contribution in [0, 0.1) is 17.1 Å². The fourth-order valence-electron chi connectivity index (χ4n) is 2.18. The minimum absolute atomic E-state index is 0.0125. The lowest BCUT2D eigenvalue weighted by Gasteiger charge is -2.08. The molecule has 0 radical (unpaired) electrons. The average Bonchev–Trinajstić information content (AvgIpc) is 2.96. The van der Waals surface area contributed by atoms with Gasteiger partial charge in [-0.15, -0.1) is 0 Å². The van der Waals surface area contributed by atoms with E-state index in [2.05, 4.69) is 15.6 Å². The van der Waals surface area contributed by atoms with Crippen LogP contribution in [-0.2, 0) is 24.3 Å². The number of amides is 2. The van der Waals surface area contributed by atoms with Crippen molar-refractivity contribution in [3.05, 3.63) is 45.7 Å². The van der Waals surface area contributed by atoms with Crippen molar-refractivity contribution in [2.45, 2.75) is 19.6 Å². The molecule has 2 amide bonds. The van der Waals surface area contributed by atoms with Crippen molar-refractivity contribution in [2.75, 3.05) is 11.9 Å². The van der Waals surface area contributed by atoms with Crippen LogP contribution in [0.4, 0.5) is 14.3 Å². The Labute approximate surface area is 135 Å². The third kappa shape index (κ3) is 3.64. The molecule has 0 unspecified atom stereocenters. The summed E-state index contributed by atoms with van der Waals surface area (Å²) in [6.45, 7) is 1.14. The molecule has 1 aliphatic heterocycles. The van der Waals surface area contributed by atoms with E-state index in [4.69, 9.17) is 10.00 Å². The maximum Gasteiger partial charge on any atom is 0.321 e. The van der Waals surface area contributed by atoms with E-state index in [-0.39, 0.29) is 12.1 Å². The number of halogens is 1. The van der Waals surface area contributed by atoms with Gasteiger partial charge in [0.2, 0.25) is 0 Å². The molecule has 118 valence electrons. The molecule has 0 bridgehead atoms. The van der Waals surface area contributed by atoms with Crippen LogP contribution in [0.3, 0.4) is 0 Å². The summed E-state index contributed by atoms with van der Waals surface area (Å²) in [6, 6.07) is 5.47. The number of nitriles is 1. The van der Waals surface area contributed by atoms with Crippen molar-refractivity contribution >= 4 is 22.5 Å². The molecular weight excluding hydrogens is 319 g/mol. The minimum Gasteiger partial charge on any atom is -0.375 e. The monoisotopic (exact) mass is 332 g/mol. The summed E-state index contributed by atoms with van der Waals surface area (Å²) in [5, 5.41) is 14.5. The van der Waals surface area contributed by atoms with E-state index in [1.165, 1.54) is 29.5 Å². The quantitative estimate of drug-likeness (QED) is 0.904. The van der Waals surface area contributed by atoms with E-state index in [0.29, 0.717) is 23.9 Å². The molecule has 0 saturated carbocycles. The number of hydrogen-bond donors (Lipinski definition) is 2. The molecule has 0 aliphatic carbocycles. The fraction of sp³-hybridized carbons (Fsp3) is 0.267. The Bertz CT molecular complexity index is 761. The van der Waals surface area contributed by atoms with E-state index < -0.39 is 11.8 Å². The number of fused-ring (bicyclic) bond motifs is 1. The maximum absolute atomic E-state index is 13.6. The third-order valence-electron chi connectivity index (χ3n) is 3.33. The number of rotatable bonds is 3. The van der Waals surface area contributed by atoms with Crippen molar-refractivity contribution in [1.29, 1.82) is 5.26 Å². The molecule has 23 heavy (non-hydrogen) atoms. The zero-order valence-electron chi connectivity index (χ0n) is 12.1. The summed E-state index contributed by atoms with van der Waals surface area (Å²) in [5.74, 6) is -0.467. The summed E-state index contributed by atoms with van der Waals surface area (Å²) < 4.78 is 19.0. The topological polar surface area (TPSA) is 87.0 Å². The first kappa shape index (κ1) is 15.4. The Hall–Kier alpha value is -2.50.